The lowest BCUT2D eigenvalue weighted by molar-refractivity contribution is -0.113. The maximum Gasteiger partial charge on any atom is 0.271 e. The molecule has 0 unspecified atom stereocenters. The van der Waals surface area contributed by atoms with E-state index in [0.717, 1.165) is 10.8 Å². The van der Waals surface area contributed by atoms with Gasteiger partial charge in [-0.2, -0.15) is 4.99 Å². The molecule has 5 nitrogen and oxygen atoms in total. The summed E-state index contributed by atoms with van der Waals surface area (Å²) >= 11 is 0. The second-order valence-electron chi connectivity index (χ2n) is 2.89. The third kappa shape index (κ3) is 0.861. The summed E-state index contributed by atoms with van der Waals surface area (Å²) in [5.74, 6) is 0.154. The van der Waals surface area contributed by atoms with Crippen molar-refractivity contribution in [2.45, 2.75) is 0 Å². The Morgan fingerprint density at radius 3 is 3.00 bits per heavy atom. The Labute approximate surface area is 78.3 Å². The number of aliphatic imine (C=N–C) groups is 1. The number of carbonyl (C=O) groups excluding carboxylic acids is 1. The Hall–Kier alpha value is -2.17. The summed E-state index contributed by atoms with van der Waals surface area (Å²) in [6.07, 6.45) is 6.20. The molecule has 0 aliphatic carbocycles. The van der Waals surface area contributed by atoms with Gasteiger partial charge in [0.05, 0.1) is 0 Å². The molecule has 3 heterocycles. The molecular formula is C9H4N4O. The van der Waals surface area contributed by atoms with Gasteiger partial charge in [-0.3, -0.25) is 4.79 Å². The molecule has 1 amide bonds. The summed E-state index contributed by atoms with van der Waals surface area (Å²) < 4.78 is 0. The van der Waals surface area contributed by atoms with Crippen LogP contribution >= 0.6 is 0 Å². The molecule has 3 rings (SSSR count). The average Bonchev–Trinajstić information content (AvgIpc) is 2.54. The standard InChI is InChI=1S/C9H4N4O/c14-7-2-1-5-6-3-10-4-11-8(6)13-9(5)12-7/h1-4H. The van der Waals surface area contributed by atoms with Crippen LogP contribution in [0, 0.1) is 0 Å². The van der Waals surface area contributed by atoms with Gasteiger partial charge in [-0.05, 0) is 6.08 Å². The first-order valence-corrected chi connectivity index (χ1v) is 4.05. The van der Waals surface area contributed by atoms with Gasteiger partial charge in [0.15, 0.2) is 11.3 Å². The topological polar surface area (TPSA) is 67.6 Å². The minimum atomic E-state index is -0.284. The highest BCUT2D eigenvalue weighted by atomic mass is 16.1. The summed E-state index contributed by atoms with van der Waals surface area (Å²) in [7, 11) is 0. The summed E-state index contributed by atoms with van der Waals surface area (Å²) in [6, 6.07) is 0. The molecule has 0 spiro atoms. The number of carbonyl (C=O) groups is 1. The van der Waals surface area contributed by atoms with Crippen LogP contribution in [0.25, 0.3) is 5.57 Å². The first kappa shape index (κ1) is 7.25. The van der Waals surface area contributed by atoms with Crippen LogP contribution < -0.4 is 10.7 Å². The molecule has 0 bridgehead atoms. The second kappa shape index (κ2) is 2.41. The fraction of sp³-hybridized carbons (Fsp3) is 0. The maximum atomic E-state index is 11.0. The number of amidine groups is 1. The second-order valence-corrected chi connectivity index (χ2v) is 2.89. The van der Waals surface area contributed by atoms with E-state index in [1.165, 1.54) is 12.4 Å². The molecule has 0 fully saturated rings. The number of aromatic nitrogens is 2. The zero-order chi connectivity index (χ0) is 9.54. The highest BCUT2D eigenvalue weighted by Crippen LogP contribution is 2.09. The third-order valence-electron chi connectivity index (χ3n) is 2.04. The van der Waals surface area contributed by atoms with Gasteiger partial charge >= 0.3 is 0 Å². The molecule has 0 aromatic carbocycles. The fourth-order valence-electron chi connectivity index (χ4n) is 1.43. The van der Waals surface area contributed by atoms with Crippen LogP contribution in [-0.2, 0) is 4.79 Å². The molecule has 1 aromatic heterocycles. The van der Waals surface area contributed by atoms with Gasteiger partial charge in [0.25, 0.3) is 5.91 Å². The Morgan fingerprint density at radius 1 is 1.14 bits per heavy atom. The first-order chi connectivity index (χ1) is 6.84. The number of dihydropyridines is 1. The summed E-state index contributed by atoms with van der Waals surface area (Å²) in [5, 5.41) is 0.829. The van der Waals surface area contributed by atoms with Crippen LogP contribution in [0.15, 0.2) is 34.7 Å². The number of amides is 1. The molecule has 14 heavy (non-hydrogen) atoms. The molecule has 2 aliphatic heterocycles. The predicted octanol–water partition coefficient (Wildman–Crippen LogP) is -1.24. The van der Waals surface area contributed by atoms with Gasteiger partial charge < -0.3 is 0 Å². The molecule has 1 aromatic rings. The highest BCUT2D eigenvalue weighted by molar-refractivity contribution is 6.28. The van der Waals surface area contributed by atoms with Gasteiger partial charge in [0.1, 0.15) is 6.33 Å². The number of nitrogens with zero attached hydrogens (tertiary/aromatic N) is 4. The van der Waals surface area contributed by atoms with E-state index in [2.05, 4.69) is 20.0 Å². The van der Waals surface area contributed by atoms with Crippen LogP contribution in [-0.4, -0.2) is 21.7 Å². The monoisotopic (exact) mass is 184 g/mol. The van der Waals surface area contributed by atoms with Crippen molar-refractivity contribution in [3.8, 4) is 0 Å². The zero-order valence-electron chi connectivity index (χ0n) is 7.01. The Morgan fingerprint density at radius 2 is 2.07 bits per heavy atom. The van der Waals surface area contributed by atoms with Crippen molar-refractivity contribution in [2.24, 2.45) is 9.98 Å². The molecule has 66 valence electrons. The lowest BCUT2D eigenvalue weighted by Crippen LogP contribution is -2.26. The lowest BCUT2D eigenvalue weighted by Gasteiger charge is -1.99. The van der Waals surface area contributed by atoms with E-state index in [1.807, 2.05) is 0 Å². The SMILES string of the molecule is O=C1C=CC2=c3cncnc3=NC2=N1. The first-order valence-electron chi connectivity index (χ1n) is 4.05. The summed E-state index contributed by atoms with van der Waals surface area (Å²) in [6.45, 7) is 0. The summed E-state index contributed by atoms with van der Waals surface area (Å²) in [4.78, 5) is 26.7. The van der Waals surface area contributed by atoms with E-state index < -0.39 is 0 Å². The Balaban J connectivity index is 2.45. The van der Waals surface area contributed by atoms with Crippen molar-refractivity contribution < 1.29 is 4.79 Å². The number of hydrogen-bond donors (Lipinski definition) is 0. The van der Waals surface area contributed by atoms with E-state index in [1.54, 1.807) is 12.3 Å². The van der Waals surface area contributed by atoms with Crippen LogP contribution in [0.3, 0.4) is 0 Å². The highest BCUT2D eigenvalue weighted by Gasteiger charge is 2.17. The van der Waals surface area contributed by atoms with E-state index in [0.29, 0.717) is 11.3 Å². The van der Waals surface area contributed by atoms with Gasteiger partial charge in [-0.1, -0.05) is 0 Å². The van der Waals surface area contributed by atoms with Crippen molar-refractivity contribution in [1.29, 1.82) is 0 Å². The van der Waals surface area contributed by atoms with E-state index in [9.17, 15) is 4.79 Å². The largest absolute Gasteiger partial charge is 0.271 e. The van der Waals surface area contributed by atoms with Gasteiger partial charge in [0, 0.05) is 23.1 Å². The van der Waals surface area contributed by atoms with Crippen molar-refractivity contribution in [3.63, 3.8) is 0 Å². The third-order valence-corrected chi connectivity index (χ3v) is 2.04. The normalized spacial score (nSPS) is 17.3. The molecule has 0 atom stereocenters. The summed E-state index contributed by atoms with van der Waals surface area (Å²) in [5.41, 5.74) is 1.40. The van der Waals surface area contributed by atoms with Crippen molar-refractivity contribution in [3.05, 3.63) is 35.4 Å². The Bertz CT molecular complexity index is 612. The van der Waals surface area contributed by atoms with Crippen LogP contribution in [0.2, 0.25) is 0 Å². The lowest BCUT2D eigenvalue weighted by atomic mass is 10.1. The molecule has 0 saturated carbocycles. The minimum Gasteiger partial charge on any atom is -0.267 e. The smallest absolute Gasteiger partial charge is 0.267 e. The quantitative estimate of drug-likeness (QED) is 0.506. The molecule has 2 aliphatic rings. The minimum absolute atomic E-state index is 0.284. The van der Waals surface area contributed by atoms with E-state index in [-0.39, 0.29) is 5.91 Å². The van der Waals surface area contributed by atoms with Crippen LogP contribution in [0.5, 0.6) is 0 Å². The molecule has 0 N–H and O–H groups in total. The molecule has 0 radical (unpaired) electrons. The van der Waals surface area contributed by atoms with E-state index in [4.69, 9.17) is 0 Å². The number of fused-ring (bicyclic) bond motifs is 2. The van der Waals surface area contributed by atoms with Gasteiger partial charge in [0.2, 0.25) is 0 Å². The predicted molar refractivity (Wildman–Crippen MR) is 47.8 cm³/mol. The fourth-order valence-corrected chi connectivity index (χ4v) is 1.43. The molecular weight excluding hydrogens is 180 g/mol. The van der Waals surface area contributed by atoms with Crippen LogP contribution in [0.1, 0.15) is 0 Å². The van der Waals surface area contributed by atoms with Crippen molar-refractivity contribution in [1.82, 2.24) is 9.97 Å². The van der Waals surface area contributed by atoms with Crippen LogP contribution in [0.4, 0.5) is 0 Å². The van der Waals surface area contributed by atoms with E-state index >= 15 is 0 Å². The van der Waals surface area contributed by atoms with Crippen molar-refractivity contribution >= 4 is 17.3 Å². The maximum absolute atomic E-state index is 11.0. The zero-order valence-corrected chi connectivity index (χ0v) is 7.01. The van der Waals surface area contributed by atoms with Gasteiger partial charge in [-0.25, -0.2) is 15.0 Å². The number of rotatable bonds is 0. The average molecular weight is 184 g/mol. The van der Waals surface area contributed by atoms with Crippen molar-refractivity contribution in [2.75, 3.05) is 0 Å². The number of hydrogen-bond acceptors (Lipinski definition) is 4. The van der Waals surface area contributed by atoms with Gasteiger partial charge in [-0.15, -0.1) is 0 Å². The Kier molecular flexibility index (Phi) is 1.25. The molecule has 0 saturated heterocycles. The molecule has 5 heteroatoms.